The standard InChI is InChI=1S/C16H15ClN2O4/c17-11-6-9(3-4-10(11)14(18)20)19-15(21)12-7-1-2-8(5-7)13(12)16(22)23/h1-4,6-8,12-13H,5H2,(H2,18,20)(H,19,21)(H,22,23). The van der Waals surface area contributed by atoms with Crippen LogP contribution in [-0.4, -0.2) is 22.9 Å². The van der Waals surface area contributed by atoms with Crippen LogP contribution in [0.25, 0.3) is 0 Å². The molecular formula is C16H15ClN2O4. The summed E-state index contributed by atoms with van der Waals surface area (Å²) in [5.41, 5.74) is 5.74. The molecular weight excluding hydrogens is 320 g/mol. The van der Waals surface area contributed by atoms with E-state index in [1.807, 2.05) is 12.2 Å². The zero-order valence-corrected chi connectivity index (χ0v) is 12.8. The number of nitrogens with one attached hydrogen (secondary N) is 1. The average Bonchev–Trinajstić information content (AvgIpc) is 3.07. The molecule has 120 valence electrons. The van der Waals surface area contributed by atoms with Crippen LogP contribution in [0.2, 0.25) is 5.02 Å². The topological polar surface area (TPSA) is 109 Å². The van der Waals surface area contributed by atoms with Crippen LogP contribution in [0.15, 0.2) is 30.4 Å². The Kier molecular flexibility index (Phi) is 3.85. The van der Waals surface area contributed by atoms with Gasteiger partial charge in [0.15, 0.2) is 0 Å². The number of carbonyl (C=O) groups is 3. The van der Waals surface area contributed by atoms with E-state index < -0.39 is 23.7 Å². The van der Waals surface area contributed by atoms with Crippen LogP contribution in [-0.2, 0) is 9.59 Å². The summed E-state index contributed by atoms with van der Waals surface area (Å²) in [7, 11) is 0. The Labute approximate surface area is 137 Å². The number of carboxylic acid groups (broad SMARTS) is 1. The van der Waals surface area contributed by atoms with Gasteiger partial charge in [-0.15, -0.1) is 0 Å². The van der Waals surface area contributed by atoms with Gasteiger partial charge in [0.1, 0.15) is 0 Å². The molecule has 0 radical (unpaired) electrons. The first kappa shape index (κ1) is 15.6. The molecule has 0 saturated heterocycles. The van der Waals surface area contributed by atoms with Crippen molar-refractivity contribution < 1.29 is 19.5 Å². The van der Waals surface area contributed by atoms with Crippen molar-refractivity contribution in [3.63, 3.8) is 0 Å². The molecule has 6 nitrogen and oxygen atoms in total. The number of fused-ring (bicyclic) bond motifs is 2. The molecule has 1 aromatic carbocycles. The van der Waals surface area contributed by atoms with Gasteiger partial charge in [-0.3, -0.25) is 14.4 Å². The fraction of sp³-hybridized carbons (Fsp3) is 0.312. The van der Waals surface area contributed by atoms with E-state index in [1.54, 1.807) is 0 Å². The number of carbonyl (C=O) groups excluding carboxylic acids is 2. The summed E-state index contributed by atoms with van der Waals surface area (Å²) < 4.78 is 0. The first-order chi connectivity index (χ1) is 10.9. The van der Waals surface area contributed by atoms with Gasteiger partial charge in [-0.25, -0.2) is 0 Å². The molecule has 1 fully saturated rings. The second-order valence-corrected chi connectivity index (χ2v) is 6.29. The van der Waals surface area contributed by atoms with Gasteiger partial charge < -0.3 is 16.2 Å². The van der Waals surface area contributed by atoms with Crippen LogP contribution < -0.4 is 11.1 Å². The van der Waals surface area contributed by atoms with Gasteiger partial charge in [-0.1, -0.05) is 23.8 Å². The second kappa shape index (κ2) is 5.70. The monoisotopic (exact) mass is 334 g/mol. The second-order valence-electron chi connectivity index (χ2n) is 5.89. The number of nitrogens with two attached hydrogens (primary N) is 1. The lowest BCUT2D eigenvalue weighted by molar-refractivity contribution is -0.146. The first-order valence-corrected chi connectivity index (χ1v) is 7.57. The van der Waals surface area contributed by atoms with Crippen molar-refractivity contribution >= 4 is 35.1 Å². The highest BCUT2D eigenvalue weighted by Crippen LogP contribution is 2.48. The molecule has 2 amide bonds. The largest absolute Gasteiger partial charge is 0.481 e. The van der Waals surface area contributed by atoms with Crippen LogP contribution in [0.3, 0.4) is 0 Å². The first-order valence-electron chi connectivity index (χ1n) is 7.20. The molecule has 23 heavy (non-hydrogen) atoms. The quantitative estimate of drug-likeness (QED) is 0.730. The Bertz CT molecular complexity index is 731. The van der Waals surface area contributed by atoms with E-state index in [2.05, 4.69) is 5.32 Å². The third-order valence-electron chi connectivity index (χ3n) is 4.55. The number of hydrogen-bond donors (Lipinski definition) is 3. The van der Waals surface area contributed by atoms with Crippen LogP contribution in [0, 0.1) is 23.7 Å². The number of aliphatic carboxylic acids is 1. The minimum Gasteiger partial charge on any atom is -0.481 e. The lowest BCUT2D eigenvalue weighted by Crippen LogP contribution is -2.36. The van der Waals surface area contributed by atoms with E-state index in [0.29, 0.717) is 12.1 Å². The Balaban J connectivity index is 1.79. The van der Waals surface area contributed by atoms with Crippen molar-refractivity contribution in [3.05, 3.63) is 40.9 Å². The van der Waals surface area contributed by atoms with Gasteiger partial charge in [0.25, 0.3) is 0 Å². The Morgan fingerprint density at radius 3 is 2.39 bits per heavy atom. The van der Waals surface area contributed by atoms with Crippen molar-refractivity contribution in [2.45, 2.75) is 6.42 Å². The van der Waals surface area contributed by atoms with E-state index in [1.165, 1.54) is 18.2 Å². The smallest absolute Gasteiger partial charge is 0.307 e. The number of benzene rings is 1. The number of allylic oxidation sites excluding steroid dienone is 2. The summed E-state index contributed by atoms with van der Waals surface area (Å²) >= 11 is 5.95. The maximum Gasteiger partial charge on any atom is 0.307 e. The van der Waals surface area contributed by atoms with Gasteiger partial charge in [0.05, 0.1) is 22.4 Å². The highest BCUT2D eigenvalue weighted by Gasteiger charge is 2.51. The normalized spacial score (nSPS) is 27.9. The molecule has 2 aliphatic carbocycles. The van der Waals surface area contributed by atoms with Gasteiger partial charge in [0, 0.05) is 5.69 Å². The Morgan fingerprint density at radius 1 is 1.17 bits per heavy atom. The summed E-state index contributed by atoms with van der Waals surface area (Å²) in [6.07, 6.45) is 4.49. The van der Waals surface area contributed by atoms with Gasteiger partial charge in [-0.05, 0) is 36.5 Å². The van der Waals surface area contributed by atoms with Crippen molar-refractivity contribution in [2.75, 3.05) is 5.32 Å². The molecule has 2 bridgehead atoms. The molecule has 4 atom stereocenters. The summed E-state index contributed by atoms with van der Waals surface area (Å²) in [5.74, 6) is -3.41. The highest BCUT2D eigenvalue weighted by molar-refractivity contribution is 6.34. The van der Waals surface area contributed by atoms with E-state index >= 15 is 0 Å². The third kappa shape index (κ3) is 2.70. The molecule has 7 heteroatoms. The zero-order valence-electron chi connectivity index (χ0n) is 12.0. The average molecular weight is 335 g/mol. The van der Waals surface area contributed by atoms with Gasteiger partial charge in [-0.2, -0.15) is 0 Å². The van der Waals surface area contributed by atoms with Gasteiger partial charge in [0.2, 0.25) is 11.8 Å². The third-order valence-corrected chi connectivity index (χ3v) is 4.86. The van der Waals surface area contributed by atoms with E-state index in [0.717, 1.165) is 0 Å². The van der Waals surface area contributed by atoms with Crippen LogP contribution >= 0.6 is 11.6 Å². The predicted octanol–water partition coefficient (Wildman–Crippen LogP) is 1.90. The number of hydrogen-bond acceptors (Lipinski definition) is 3. The lowest BCUT2D eigenvalue weighted by atomic mass is 9.82. The highest BCUT2D eigenvalue weighted by atomic mass is 35.5. The number of halogens is 1. The summed E-state index contributed by atoms with van der Waals surface area (Å²) in [6.45, 7) is 0. The molecule has 1 aromatic rings. The van der Waals surface area contributed by atoms with E-state index in [9.17, 15) is 19.5 Å². The Morgan fingerprint density at radius 2 is 1.83 bits per heavy atom. The number of rotatable bonds is 4. The molecule has 4 unspecified atom stereocenters. The van der Waals surface area contributed by atoms with Crippen LogP contribution in [0.5, 0.6) is 0 Å². The zero-order chi connectivity index (χ0) is 16.7. The van der Waals surface area contributed by atoms with Crippen molar-refractivity contribution in [1.29, 1.82) is 0 Å². The molecule has 3 rings (SSSR count). The van der Waals surface area contributed by atoms with Crippen LogP contribution in [0.4, 0.5) is 5.69 Å². The van der Waals surface area contributed by atoms with E-state index in [4.69, 9.17) is 17.3 Å². The van der Waals surface area contributed by atoms with Crippen molar-refractivity contribution in [1.82, 2.24) is 0 Å². The molecule has 4 N–H and O–H groups in total. The molecule has 0 aliphatic heterocycles. The lowest BCUT2D eigenvalue weighted by Gasteiger charge is -2.23. The summed E-state index contributed by atoms with van der Waals surface area (Å²) in [5, 5.41) is 12.2. The molecule has 0 heterocycles. The fourth-order valence-electron chi connectivity index (χ4n) is 3.53. The minimum atomic E-state index is -0.955. The molecule has 1 saturated carbocycles. The SMILES string of the molecule is NC(=O)c1ccc(NC(=O)C2C3C=CC(C3)C2C(=O)O)cc1Cl. The van der Waals surface area contributed by atoms with Crippen molar-refractivity contribution in [2.24, 2.45) is 29.4 Å². The molecule has 2 aliphatic rings. The summed E-state index contributed by atoms with van der Waals surface area (Å²) in [6, 6.07) is 4.37. The predicted molar refractivity (Wildman–Crippen MR) is 84.0 cm³/mol. The fourth-order valence-corrected chi connectivity index (χ4v) is 3.81. The Hall–Kier alpha value is -2.34. The number of carboxylic acids is 1. The number of primary amides is 1. The summed E-state index contributed by atoms with van der Waals surface area (Å²) in [4.78, 5) is 35.1. The van der Waals surface area contributed by atoms with Crippen LogP contribution in [0.1, 0.15) is 16.8 Å². The molecule has 0 spiro atoms. The molecule has 0 aromatic heterocycles. The maximum absolute atomic E-state index is 12.5. The van der Waals surface area contributed by atoms with E-state index in [-0.39, 0.29) is 28.3 Å². The van der Waals surface area contributed by atoms with Crippen molar-refractivity contribution in [3.8, 4) is 0 Å². The maximum atomic E-state index is 12.5. The number of amides is 2. The minimum absolute atomic E-state index is 0.0542. The van der Waals surface area contributed by atoms with Gasteiger partial charge >= 0.3 is 5.97 Å². The number of anilines is 1.